The summed E-state index contributed by atoms with van der Waals surface area (Å²) in [5, 5.41) is 0. The molecule has 0 unspecified atom stereocenters. The largest absolute Gasteiger partial charge is 0.494 e. The topological polar surface area (TPSA) is 57.2 Å². The van der Waals surface area contributed by atoms with Crippen LogP contribution in [0.1, 0.15) is 12.0 Å². The third kappa shape index (κ3) is 3.88. The van der Waals surface area contributed by atoms with Crippen molar-refractivity contribution < 1.29 is 4.74 Å². The van der Waals surface area contributed by atoms with Gasteiger partial charge in [-0.25, -0.2) is 0 Å². The lowest BCUT2D eigenvalue weighted by Crippen LogP contribution is -2.20. The van der Waals surface area contributed by atoms with Crippen molar-refractivity contribution in [1.29, 1.82) is 0 Å². The van der Waals surface area contributed by atoms with E-state index in [4.69, 9.17) is 10.5 Å². The lowest BCUT2D eigenvalue weighted by Gasteiger charge is -2.08. The number of ether oxygens (including phenoxy) is 1. The summed E-state index contributed by atoms with van der Waals surface area (Å²) < 4.78 is 7.21. The molecule has 19 heavy (non-hydrogen) atoms. The number of nitrogen functional groups attached to an aromatic ring is 1. The van der Waals surface area contributed by atoms with Crippen molar-refractivity contribution in [3.63, 3.8) is 0 Å². The summed E-state index contributed by atoms with van der Waals surface area (Å²) in [5.74, 6) is 0.852. The summed E-state index contributed by atoms with van der Waals surface area (Å²) in [6, 6.07) is 11.0. The first kappa shape index (κ1) is 13.2. The van der Waals surface area contributed by atoms with Gasteiger partial charge >= 0.3 is 0 Å². The number of nitrogens with zero attached hydrogens (tertiary/aromatic N) is 1. The maximum Gasteiger partial charge on any atom is 0.250 e. The fourth-order valence-electron chi connectivity index (χ4n) is 1.78. The molecular formula is C15H18N2O2. The summed E-state index contributed by atoms with van der Waals surface area (Å²) in [6.45, 7) is 3.22. The minimum atomic E-state index is -0.0375. The highest BCUT2D eigenvalue weighted by Crippen LogP contribution is 2.11. The predicted molar refractivity (Wildman–Crippen MR) is 76.4 cm³/mol. The van der Waals surface area contributed by atoms with Crippen molar-refractivity contribution in [2.75, 3.05) is 12.3 Å². The molecule has 0 atom stereocenters. The lowest BCUT2D eigenvalue weighted by molar-refractivity contribution is 0.301. The smallest absolute Gasteiger partial charge is 0.250 e. The first-order valence-electron chi connectivity index (χ1n) is 6.30. The van der Waals surface area contributed by atoms with Gasteiger partial charge in [0.1, 0.15) is 5.75 Å². The quantitative estimate of drug-likeness (QED) is 0.836. The van der Waals surface area contributed by atoms with E-state index in [1.165, 1.54) is 11.6 Å². The van der Waals surface area contributed by atoms with E-state index in [0.29, 0.717) is 18.8 Å². The maximum absolute atomic E-state index is 11.5. The molecule has 4 heteroatoms. The van der Waals surface area contributed by atoms with Gasteiger partial charge in [0, 0.05) is 24.5 Å². The van der Waals surface area contributed by atoms with Gasteiger partial charge in [-0.3, -0.25) is 4.79 Å². The van der Waals surface area contributed by atoms with Crippen LogP contribution in [-0.4, -0.2) is 11.2 Å². The summed E-state index contributed by atoms with van der Waals surface area (Å²) in [7, 11) is 0. The molecule has 0 aliphatic heterocycles. The molecule has 1 heterocycles. The zero-order valence-corrected chi connectivity index (χ0v) is 11.0. The SMILES string of the molecule is Cc1ccc(OCCCn2cc(N)ccc2=O)cc1. The number of nitrogens with two attached hydrogens (primary N) is 1. The third-order valence-corrected chi connectivity index (χ3v) is 2.84. The van der Waals surface area contributed by atoms with Crippen LogP contribution in [0.4, 0.5) is 5.69 Å². The Morgan fingerprint density at radius 3 is 2.63 bits per heavy atom. The van der Waals surface area contributed by atoms with E-state index >= 15 is 0 Å². The number of pyridine rings is 1. The van der Waals surface area contributed by atoms with E-state index in [9.17, 15) is 4.79 Å². The molecule has 2 N–H and O–H groups in total. The molecule has 0 radical (unpaired) electrons. The Hall–Kier alpha value is -2.23. The predicted octanol–water partition coefficient (Wildman–Crippen LogP) is 2.21. The number of aryl methyl sites for hydroxylation is 2. The van der Waals surface area contributed by atoms with Crippen molar-refractivity contribution in [2.24, 2.45) is 0 Å². The number of aromatic nitrogens is 1. The van der Waals surface area contributed by atoms with Crippen LogP contribution in [0.3, 0.4) is 0 Å². The Balaban J connectivity index is 1.82. The average molecular weight is 258 g/mol. The van der Waals surface area contributed by atoms with Gasteiger partial charge in [0.2, 0.25) is 0 Å². The van der Waals surface area contributed by atoms with Gasteiger partial charge in [-0.15, -0.1) is 0 Å². The molecule has 1 aromatic carbocycles. The average Bonchev–Trinajstić information content (AvgIpc) is 2.40. The van der Waals surface area contributed by atoms with Gasteiger partial charge in [0.15, 0.2) is 0 Å². The molecule has 0 fully saturated rings. The van der Waals surface area contributed by atoms with Gasteiger partial charge in [-0.05, 0) is 31.5 Å². The van der Waals surface area contributed by atoms with E-state index in [-0.39, 0.29) is 5.56 Å². The van der Waals surface area contributed by atoms with Crippen LogP contribution >= 0.6 is 0 Å². The van der Waals surface area contributed by atoms with Crippen molar-refractivity contribution in [1.82, 2.24) is 4.57 Å². The normalized spacial score (nSPS) is 10.4. The molecule has 2 aromatic rings. The Morgan fingerprint density at radius 2 is 1.89 bits per heavy atom. The molecule has 4 nitrogen and oxygen atoms in total. The Kier molecular flexibility index (Phi) is 4.23. The minimum absolute atomic E-state index is 0.0375. The van der Waals surface area contributed by atoms with Crippen LogP contribution in [0.15, 0.2) is 47.4 Å². The number of anilines is 1. The standard InChI is InChI=1S/C15H18N2O2/c1-12-3-6-14(7-4-12)19-10-2-9-17-11-13(16)5-8-15(17)18/h3-8,11H,2,9-10,16H2,1H3. The van der Waals surface area contributed by atoms with Crippen LogP contribution < -0.4 is 16.0 Å². The Bertz CT molecular complexity index is 588. The molecule has 0 aliphatic carbocycles. The second-order valence-electron chi connectivity index (χ2n) is 4.51. The van der Waals surface area contributed by atoms with Crippen LogP contribution in [0.25, 0.3) is 0 Å². The number of hydrogen-bond donors (Lipinski definition) is 1. The van der Waals surface area contributed by atoms with Crippen molar-refractivity contribution >= 4 is 5.69 Å². The first-order valence-corrected chi connectivity index (χ1v) is 6.30. The highest BCUT2D eigenvalue weighted by molar-refractivity contribution is 5.33. The Morgan fingerprint density at radius 1 is 1.16 bits per heavy atom. The molecule has 0 bridgehead atoms. The second-order valence-corrected chi connectivity index (χ2v) is 4.51. The molecule has 1 aromatic heterocycles. The highest BCUT2D eigenvalue weighted by atomic mass is 16.5. The molecule has 100 valence electrons. The summed E-state index contributed by atoms with van der Waals surface area (Å²) in [6.07, 6.45) is 2.42. The van der Waals surface area contributed by atoms with Crippen molar-refractivity contribution in [3.05, 3.63) is 58.5 Å². The van der Waals surface area contributed by atoms with Gasteiger partial charge in [-0.2, -0.15) is 0 Å². The molecular weight excluding hydrogens is 240 g/mol. The zero-order chi connectivity index (χ0) is 13.7. The van der Waals surface area contributed by atoms with Gasteiger partial charge in [-0.1, -0.05) is 17.7 Å². The number of rotatable bonds is 5. The third-order valence-electron chi connectivity index (χ3n) is 2.84. The molecule has 0 aliphatic rings. The maximum atomic E-state index is 11.5. The van der Waals surface area contributed by atoms with Crippen molar-refractivity contribution in [3.8, 4) is 5.75 Å². The lowest BCUT2D eigenvalue weighted by atomic mass is 10.2. The van der Waals surface area contributed by atoms with E-state index < -0.39 is 0 Å². The van der Waals surface area contributed by atoms with E-state index in [1.54, 1.807) is 16.8 Å². The molecule has 2 rings (SSSR count). The fraction of sp³-hybridized carbons (Fsp3) is 0.267. The zero-order valence-electron chi connectivity index (χ0n) is 11.0. The first-order chi connectivity index (χ1) is 9.15. The van der Waals surface area contributed by atoms with E-state index in [1.807, 2.05) is 31.2 Å². The highest BCUT2D eigenvalue weighted by Gasteiger charge is 1.98. The summed E-state index contributed by atoms with van der Waals surface area (Å²) >= 11 is 0. The van der Waals surface area contributed by atoms with Gasteiger partial charge in [0.25, 0.3) is 5.56 Å². The van der Waals surface area contributed by atoms with Crippen LogP contribution in [-0.2, 0) is 6.54 Å². The molecule has 0 saturated carbocycles. The summed E-state index contributed by atoms with van der Waals surface area (Å²) in [4.78, 5) is 11.5. The molecule has 0 saturated heterocycles. The van der Waals surface area contributed by atoms with E-state index in [2.05, 4.69) is 0 Å². The molecule has 0 amide bonds. The van der Waals surface area contributed by atoms with Crippen LogP contribution in [0, 0.1) is 6.92 Å². The Labute approximate surface area is 112 Å². The fourth-order valence-corrected chi connectivity index (χ4v) is 1.78. The van der Waals surface area contributed by atoms with Gasteiger partial charge in [0.05, 0.1) is 6.61 Å². The van der Waals surface area contributed by atoms with Crippen molar-refractivity contribution in [2.45, 2.75) is 19.9 Å². The number of hydrogen-bond acceptors (Lipinski definition) is 3. The number of benzene rings is 1. The van der Waals surface area contributed by atoms with Crippen LogP contribution in [0.2, 0.25) is 0 Å². The second kappa shape index (κ2) is 6.09. The minimum Gasteiger partial charge on any atom is -0.494 e. The monoisotopic (exact) mass is 258 g/mol. The van der Waals surface area contributed by atoms with E-state index in [0.717, 1.165) is 12.2 Å². The molecule has 0 spiro atoms. The van der Waals surface area contributed by atoms with Gasteiger partial charge < -0.3 is 15.0 Å². The summed E-state index contributed by atoms with van der Waals surface area (Å²) in [5.41, 5.74) is 7.41. The van der Waals surface area contributed by atoms with Crippen LogP contribution in [0.5, 0.6) is 5.75 Å².